The summed E-state index contributed by atoms with van der Waals surface area (Å²) < 4.78 is 0. The van der Waals surface area contributed by atoms with E-state index in [0.717, 1.165) is 0 Å². The van der Waals surface area contributed by atoms with Crippen LogP contribution in [0.15, 0.2) is 0 Å². The SMILES string of the molecule is CC(CCCNC(=O)N1CCC(O)CC1)C(=O)O. The highest BCUT2D eigenvalue weighted by Crippen LogP contribution is 2.10. The molecule has 1 saturated heterocycles. The maximum Gasteiger partial charge on any atom is 0.317 e. The van der Waals surface area contributed by atoms with Crippen molar-refractivity contribution in [2.75, 3.05) is 19.6 Å². The van der Waals surface area contributed by atoms with Crippen LogP contribution < -0.4 is 5.32 Å². The second-order valence-electron chi connectivity index (χ2n) is 4.83. The number of aliphatic hydroxyl groups excluding tert-OH is 1. The van der Waals surface area contributed by atoms with Crippen LogP contribution in [-0.2, 0) is 4.79 Å². The number of urea groups is 1. The largest absolute Gasteiger partial charge is 0.481 e. The maximum atomic E-state index is 11.7. The minimum absolute atomic E-state index is 0.120. The second-order valence-corrected chi connectivity index (χ2v) is 4.83. The number of aliphatic carboxylic acids is 1. The fourth-order valence-corrected chi connectivity index (χ4v) is 1.91. The Labute approximate surface area is 107 Å². The lowest BCUT2D eigenvalue weighted by Crippen LogP contribution is -2.45. The predicted molar refractivity (Wildman–Crippen MR) is 66.2 cm³/mol. The Morgan fingerprint density at radius 2 is 2.00 bits per heavy atom. The van der Waals surface area contributed by atoms with E-state index in [0.29, 0.717) is 45.3 Å². The third kappa shape index (κ3) is 4.91. The van der Waals surface area contributed by atoms with E-state index in [1.807, 2.05) is 0 Å². The Hall–Kier alpha value is -1.30. The van der Waals surface area contributed by atoms with Gasteiger partial charge in [-0.1, -0.05) is 6.92 Å². The molecule has 6 nitrogen and oxygen atoms in total. The van der Waals surface area contributed by atoms with Crippen molar-refractivity contribution in [3.05, 3.63) is 0 Å². The lowest BCUT2D eigenvalue weighted by Gasteiger charge is -2.29. The van der Waals surface area contributed by atoms with Crippen molar-refractivity contribution in [2.24, 2.45) is 5.92 Å². The molecule has 0 aromatic heterocycles. The van der Waals surface area contributed by atoms with Crippen molar-refractivity contribution in [1.82, 2.24) is 10.2 Å². The van der Waals surface area contributed by atoms with Gasteiger partial charge in [-0.25, -0.2) is 4.79 Å². The van der Waals surface area contributed by atoms with Gasteiger partial charge in [0, 0.05) is 19.6 Å². The second kappa shape index (κ2) is 7.20. The first-order chi connectivity index (χ1) is 8.50. The van der Waals surface area contributed by atoms with E-state index in [1.54, 1.807) is 11.8 Å². The third-order valence-electron chi connectivity index (χ3n) is 3.26. The smallest absolute Gasteiger partial charge is 0.317 e. The van der Waals surface area contributed by atoms with E-state index in [4.69, 9.17) is 5.11 Å². The number of rotatable bonds is 5. The number of carboxylic acids is 1. The molecule has 0 saturated carbocycles. The average molecular weight is 258 g/mol. The lowest BCUT2D eigenvalue weighted by atomic mass is 10.1. The number of likely N-dealkylation sites (tertiary alicyclic amines) is 1. The summed E-state index contributed by atoms with van der Waals surface area (Å²) >= 11 is 0. The van der Waals surface area contributed by atoms with E-state index in [2.05, 4.69) is 5.32 Å². The number of amides is 2. The van der Waals surface area contributed by atoms with Crippen LogP contribution in [0.25, 0.3) is 0 Å². The molecule has 1 rings (SSSR count). The number of carboxylic acid groups (broad SMARTS) is 1. The van der Waals surface area contributed by atoms with Crippen molar-refractivity contribution in [3.8, 4) is 0 Å². The van der Waals surface area contributed by atoms with Gasteiger partial charge in [0.15, 0.2) is 0 Å². The van der Waals surface area contributed by atoms with Gasteiger partial charge in [0.25, 0.3) is 0 Å². The number of nitrogens with one attached hydrogen (secondary N) is 1. The van der Waals surface area contributed by atoms with Gasteiger partial charge < -0.3 is 20.4 Å². The van der Waals surface area contributed by atoms with Gasteiger partial charge in [-0.3, -0.25) is 4.79 Å². The molecule has 104 valence electrons. The highest BCUT2D eigenvalue weighted by molar-refractivity contribution is 5.74. The molecule has 3 N–H and O–H groups in total. The molecule has 1 fully saturated rings. The highest BCUT2D eigenvalue weighted by atomic mass is 16.4. The van der Waals surface area contributed by atoms with Crippen molar-refractivity contribution in [1.29, 1.82) is 0 Å². The first kappa shape index (κ1) is 14.8. The molecular formula is C12H22N2O4. The van der Waals surface area contributed by atoms with Gasteiger partial charge >= 0.3 is 12.0 Å². The number of carbonyl (C=O) groups excluding carboxylic acids is 1. The van der Waals surface area contributed by atoms with E-state index in [-0.39, 0.29) is 18.1 Å². The predicted octanol–water partition coefficient (Wildman–Crippen LogP) is 0.654. The van der Waals surface area contributed by atoms with Gasteiger partial charge in [0.1, 0.15) is 0 Å². The molecule has 6 heteroatoms. The molecule has 18 heavy (non-hydrogen) atoms. The molecule has 1 aliphatic rings. The standard InChI is InChI=1S/C12H22N2O4/c1-9(11(16)17)3-2-6-13-12(18)14-7-4-10(15)5-8-14/h9-10,15H,2-8H2,1H3,(H,13,18)(H,16,17). The van der Waals surface area contributed by atoms with Crippen LogP contribution in [0.3, 0.4) is 0 Å². The number of piperidine rings is 1. The zero-order valence-corrected chi connectivity index (χ0v) is 10.8. The highest BCUT2D eigenvalue weighted by Gasteiger charge is 2.20. The topological polar surface area (TPSA) is 89.9 Å². The summed E-state index contributed by atoms with van der Waals surface area (Å²) in [5.41, 5.74) is 0. The Morgan fingerprint density at radius 3 is 2.56 bits per heavy atom. The van der Waals surface area contributed by atoms with Crippen LogP contribution in [0.5, 0.6) is 0 Å². The van der Waals surface area contributed by atoms with E-state index in [9.17, 15) is 14.7 Å². The Morgan fingerprint density at radius 1 is 1.39 bits per heavy atom. The van der Waals surface area contributed by atoms with Crippen LogP contribution in [0.1, 0.15) is 32.6 Å². The molecule has 0 radical (unpaired) electrons. The fourth-order valence-electron chi connectivity index (χ4n) is 1.91. The Balaban J connectivity index is 2.12. The number of aliphatic hydroxyl groups is 1. The Bertz CT molecular complexity index is 288. The average Bonchev–Trinajstić information content (AvgIpc) is 2.34. The summed E-state index contributed by atoms with van der Waals surface area (Å²) in [5, 5.41) is 20.8. The van der Waals surface area contributed by atoms with Gasteiger partial charge in [0.2, 0.25) is 0 Å². The molecule has 0 aromatic rings. The summed E-state index contributed by atoms with van der Waals surface area (Å²) in [6.45, 7) is 3.32. The molecule has 1 unspecified atom stereocenters. The molecule has 1 heterocycles. The summed E-state index contributed by atoms with van der Waals surface area (Å²) in [4.78, 5) is 24.0. The molecule has 0 aromatic carbocycles. The van der Waals surface area contributed by atoms with Gasteiger partial charge in [-0.15, -0.1) is 0 Å². The van der Waals surface area contributed by atoms with Gasteiger partial charge in [0.05, 0.1) is 12.0 Å². The normalized spacial score (nSPS) is 18.4. The monoisotopic (exact) mass is 258 g/mol. The van der Waals surface area contributed by atoms with Crippen LogP contribution in [0, 0.1) is 5.92 Å². The molecule has 0 spiro atoms. The molecule has 0 aliphatic carbocycles. The minimum atomic E-state index is -0.800. The zero-order chi connectivity index (χ0) is 13.5. The summed E-state index contributed by atoms with van der Waals surface area (Å²) in [7, 11) is 0. The molecule has 2 amide bonds. The summed E-state index contributed by atoms with van der Waals surface area (Å²) in [6, 6.07) is -0.120. The lowest BCUT2D eigenvalue weighted by molar-refractivity contribution is -0.141. The first-order valence-electron chi connectivity index (χ1n) is 6.44. The zero-order valence-electron chi connectivity index (χ0n) is 10.8. The van der Waals surface area contributed by atoms with E-state index < -0.39 is 5.97 Å². The van der Waals surface area contributed by atoms with Gasteiger partial charge in [-0.05, 0) is 25.7 Å². The fraction of sp³-hybridized carbons (Fsp3) is 0.833. The number of hydrogen-bond acceptors (Lipinski definition) is 3. The molecular weight excluding hydrogens is 236 g/mol. The third-order valence-corrected chi connectivity index (χ3v) is 3.26. The van der Waals surface area contributed by atoms with E-state index in [1.165, 1.54) is 0 Å². The molecule has 1 atom stereocenters. The van der Waals surface area contributed by atoms with E-state index >= 15 is 0 Å². The van der Waals surface area contributed by atoms with Crippen molar-refractivity contribution in [3.63, 3.8) is 0 Å². The summed E-state index contributed by atoms with van der Waals surface area (Å²) in [5.74, 6) is -1.17. The number of carbonyl (C=O) groups is 2. The quantitative estimate of drug-likeness (QED) is 0.632. The molecule has 0 bridgehead atoms. The van der Waals surface area contributed by atoms with Gasteiger partial charge in [-0.2, -0.15) is 0 Å². The van der Waals surface area contributed by atoms with Crippen molar-refractivity contribution >= 4 is 12.0 Å². The summed E-state index contributed by atoms with van der Waals surface area (Å²) in [6.07, 6.45) is 2.20. The Kier molecular flexibility index (Phi) is 5.91. The maximum absolute atomic E-state index is 11.7. The van der Waals surface area contributed by atoms with Crippen molar-refractivity contribution in [2.45, 2.75) is 38.7 Å². The van der Waals surface area contributed by atoms with Crippen LogP contribution >= 0.6 is 0 Å². The van der Waals surface area contributed by atoms with Crippen LogP contribution in [0.4, 0.5) is 4.79 Å². The first-order valence-corrected chi connectivity index (χ1v) is 6.44. The number of nitrogens with zero attached hydrogens (tertiary/aromatic N) is 1. The molecule has 1 aliphatic heterocycles. The number of hydrogen-bond donors (Lipinski definition) is 3. The van der Waals surface area contributed by atoms with Crippen LogP contribution in [0.2, 0.25) is 0 Å². The van der Waals surface area contributed by atoms with Crippen LogP contribution in [-0.4, -0.2) is 52.9 Å². The minimum Gasteiger partial charge on any atom is -0.481 e. The van der Waals surface area contributed by atoms with Crippen molar-refractivity contribution < 1.29 is 19.8 Å².